The van der Waals surface area contributed by atoms with E-state index in [1.807, 2.05) is 50.2 Å². The van der Waals surface area contributed by atoms with Crippen molar-refractivity contribution in [3.8, 4) is 5.75 Å². The van der Waals surface area contributed by atoms with Gasteiger partial charge < -0.3 is 4.74 Å². The number of hydrogen-bond donors (Lipinski definition) is 1. The molecule has 2 rings (SSSR count). The molecular formula is C18H20N2O2. The summed E-state index contributed by atoms with van der Waals surface area (Å²) < 4.78 is 5.20. The zero-order valence-electron chi connectivity index (χ0n) is 13.0. The molecule has 0 aliphatic carbocycles. The van der Waals surface area contributed by atoms with Gasteiger partial charge in [-0.25, -0.2) is 5.43 Å². The van der Waals surface area contributed by atoms with Crippen molar-refractivity contribution in [1.82, 2.24) is 5.43 Å². The average molecular weight is 296 g/mol. The van der Waals surface area contributed by atoms with E-state index < -0.39 is 0 Å². The van der Waals surface area contributed by atoms with Gasteiger partial charge in [0.1, 0.15) is 5.75 Å². The van der Waals surface area contributed by atoms with Gasteiger partial charge in [-0.15, -0.1) is 0 Å². The van der Waals surface area contributed by atoms with Crippen LogP contribution in [0.1, 0.15) is 29.8 Å². The molecule has 4 nitrogen and oxygen atoms in total. The van der Waals surface area contributed by atoms with Crippen LogP contribution in [0.25, 0.3) is 0 Å². The van der Waals surface area contributed by atoms with Crippen LogP contribution in [0.5, 0.6) is 5.75 Å². The van der Waals surface area contributed by atoms with E-state index in [0.717, 1.165) is 11.3 Å². The first-order valence-corrected chi connectivity index (χ1v) is 7.20. The molecule has 0 saturated heterocycles. The molecule has 2 aromatic carbocycles. The van der Waals surface area contributed by atoms with Crippen molar-refractivity contribution in [2.24, 2.45) is 11.0 Å². The molecule has 0 fully saturated rings. The minimum Gasteiger partial charge on any atom is -0.496 e. The second kappa shape index (κ2) is 7.41. The first-order valence-electron chi connectivity index (χ1n) is 7.20. The van der Waals surface area contributed by atoms with Crippen molar-refractivity contribution in [3.05, 3.63) is 65.7 Å². The Labute approximate surface area is 130 Å². The zero-order chi connectivity index (χ0) is 15.9. The van der Waals surface area contributed by atoms with Crippen LogP contribution in [0.15, 0.2) is 59.7 Å². The second-order valence-electron chi connectivity index (χ2n) is 5.16. The van der Waals surface area contributed by atoms with Gasteiger partial charge in [0.15, 0.2) is 0 Å². The van der Waals surface area contributed by atoms with Gasteiger partial charge in [0.2, 0.25) is 0 Å². The van der Waals surface area contributed by atoms with Gasteiger partial charge in [0.25, 0.3) is 5.91 Å². The fourth-order valence-corrected chi connectivity index (χ4v) is 2.14. The van der Waals surface area contributed by atoms with Gasteiger partial charge >= 0.3 is 0 Å². The molecular weight excluding hydrogens is 276 g/mol. The number of hydrogen-bond acceptors (Lipinski definition) is 3. The summed E-state index contributed by atoms with van der Waals surface area (Å²) in [6, 6.07) is 16.9. The van der Waals surface area contributed by atoms with Crippen LogP contribution in [0.2, 0.25) is 0 Å². The summed E-state index contributed by atoms with van der Waals surface area (Å²) >= 11 is 0. The van der Waals surface area contributed by atoms with Gasteiger partial charge in [-0.05, 0) is 23.6 Å². The summed E-state index contributed by atoms with van der Waals surface area (Å²) in [6.07, 6.45) is 0. The molecule has 0 saturated carbocycles. The number of para-hydroxylation sites is 1. The molecule has 0 unspecified atom stereocenters. The number of carbonyl (C=O) groups excluding carboxylic acids is 1. The molecule has 114 valence electrons. The Bertz CT molecular complexity index is 664. The smallest absolute Gasteiger partial charge is 0.275 e. The summed E-state index contributed by atoms with van der Waals surface area (Å²) in [7, 11) is 1.54. The lowest BCUT2D eigenvalue weighted by molar-refractivity contribution is 0.0951. The summed E-state index contributed by atoms with van der Waals surface area (Å²) in [6.45, 7) is 4.09. The van der Waals surface area contributed by atoms with Gasteiger partial charge in [0.05, 0.1) is 18.4 Å². The van der Waals surface area contributed by atoms with E-state index in [4.69, 9.17) is 4.74 Å². The van der Waals surface area contributed by atoms with Crippen LogP contribution in [0.3, 0.4) is 0 Å². The van der Waals surface area contributed by atoms with Crippen LogP contribution >= 0.6 is 0 Å². The summed E-state index contributed by atoms with van der Waals surface area (Å²) in [4.78, 5) is 12.3. The number of amides is 1. The van der Waals surface area contributed by atoms with Crippen molar-refractivity contribution in [2.75, 3.05) is 7.11 Å². The molecule has 2 aromatic rings. The van der Waals surface area contributed by atoms with Crippen molar-refractivity contribution in [3.63, 3.8) is 0 Å². The Kier molecular flexibility index (Phi) is 5.31. The molecule has 0 aliphatic heterocycles. The highest BCUT2D eigenvalue weighted by molar-refractivity contribution is 6.03. The monoisotopic (exact) mass is 296 g/mol. The zero-order valence-corrected chi connectivity index (χ0v) is 13.0. The fraction of sp³-hybridized carbons (Fsp3) is 0.222. The fourth-order valence-electron chi connectivity index (χ4n) is 2.14. The van der Waals surface area contributed by atoms with Crippen molar-refractivity contribution < 1.29 is 9.53 Å². The third-order valence-electron chi connectivity index (χ3n) is 3.25. The van der Waals surface area contributed by atoms with Gasteiger partial charge in [-0.2, -0.15) is 5.10 Å². The number of nitrogens with one attached hydrogen (secondary N) is 1. The largest absolute Gasteiger partial charge is 0.496 e. The van der Waals surface area contributed by atoms with Crippen LogP contribution in [-0.4, -0.2) is 18.7 Å². The molecule has 0 radical (unpaired) electrons. The lowest BCUT2D eigenvalue weighted by Crippen LogP contribution is -2.22. The number of ether oxygens (including phenoxy) is 1. The maximum atomic E-state index is 12.3. The highest BCUT2D eigenvalue weighted by Gasteiger charge is 2.13. The molecule has 0 spiro atoms. The number of carbonyl (C=O) groups is 1. The Balaban J connectivity index is 2.23. The van der Waals surface area contributed by atoms with E-state index in [2.05, 4.69) is 10.5 Å². The Morgan fingerprint density at radius 3 is 2.32 bits per heavy atom. The maximum absolute atomic E-state index is 12.3. The van der Waals surface area contributed by atoms with E-state index in [0.29, 0.717) is 11.3 Å². The highest BCUT2D eigenvalue weighted by Crippen LogP contribution is 2.17. The summed E-state index contributed by atoms with van der Waals surface area (Å²) in [5, 5.41) is 4.31. The van der Waals surface area contributed by atoms with E-state index in [1.54, 1.807) is 25.3 Å². The molecule has 1 N–H and O–H groups in total. The van der Waals surface area contributed by atoms with E-state index in [-0.39, 0.29) is 11.8 Å². The molecule has 22 heavy (non-hydrogen) atoms. The molecule has 4 heteroatoms. The number of benzene rings is 2. The number of hydrazone groups is 1. The minimum absolute atomic E-state index is 0.195. The second-order valence-corrected chi connectivity index (χ2v) is 5.16. The molecule has 0 bridgehead atoms. The van der Waals surface area contributed by atoms with Gasteiger partial charge in [-0.1, -0.05) is 56.3 Å². The summed E-state index contributed by atoms with van der Waals surface area (Å²) in [5.41, 5.74) is 4.92. The number of nitrogens with zero attached hydrogens (tertiary/aromatic N) is 1. The van der Waals surface area contributed by atoms with Crippen molar-refractivity contribution in [1.29, 1.82) is 0 Å². The van der Waals surface area contributed by atoms with Crippen molar-refractivity contribution in [2.45, 2.75) is 13.8 Å². The molecule has 1 amide bonds. The highest BCUT2D eigenvalue weighted by atomic mass is 16.5. The lowest BCUT2D eigenvalue weighted by Gasteiger charge is -2.11. The van der Waals surface area contributed by atoms with E-state index in [1.165, 1.54) is 0 Å². The Morgan fingerprint density at radius 1 is 1.05 bits per heavy atom. The molecule has 0 aliphatic rings. The summed E-state index contributed by atoms with van der Waals surface area (Å²) in [5.74, 6) is 0.438. The number of methoxy groups -OCH3 is 1. The minimum atomic E-state index is -0.286. The third-order valence-corrected chi connectivity index (χ3v) is 3.25. The van der Waals surface area contributed by atoms with Crippen LogP contribution < -0.4 is 10.2 Å². The topological polar surface area (TPSA) is 50.7 Å². The SMILES string of the molecule is COc1ccccc1C(=O)NN=C(c1ccccc1)C(C)C. The predicted octanol–water partition coefficient (Wildman–Crippen LogP) is 3.49. The predicted molar refractivity (Wildman–Crippen MR) is 88.3 cm³/mol. The number of rotatable bonds is 5. The Hall–Kier alpha value is -2.62. The first-order chi connectivity index (χ1) is 10.6. The Morgan fingerprint density at radius 2 is 1.68 bits per heavy atom. The van der Waals surface area contributed by atoms with Gasteiger partial charge in [0, 0.05) is 0 Å². The van der Waals surface area contributed by atoms with Gasteiger partial charge in [-0.3, -0.25) is 4.79 Å². The normalized spacial score (nSPS) is 11.4. The van der Waals surface area contributed by atoms with Crippen LogP contribution in [0.4, 0.5) is 0 Å². The quantitative estimate of drug-likeness (QED) is 0.678. The third kappa shape index (κ3) is 3.73. The lowest BCUT2D eigenvalue weighted by atomic mass is 10.0. The first kappa shape index (κ1) is 15.8. The van der Waals surface area contributed by atoms with Crippen LogP contribution in [0, 0.1) is 5.92 Å². The van der Waals surface area contributed by atoms with Crippen LogP contribution in [-0.2, 0) is 0 Å². The maximum Gasteiger partial charge on any atom is 0.275 e. The van der Waals surface area contributed by atoms with E-state index >= 15 is 0 Å². The molecule has 0 atom stereocenters. The standard InChI is InChI=1S/C18H20N2O2/c1-13(2)17(14-9-5-4-6-10-14)19-20-18(21)15-11-7-8-12-16(15)22-3/h4-13H,1-3H3,(H,20,21). The van der Waals surface area contributed by atoms with Crippen molar-refractivity contribution >= 4 is 11.6 Å². The average Bonchev–Trinajstić information content (AvgIpc) is 2.55. The molecule has 0 aromatic heterocycles. The van der Waals surface area contributed by atoms with E-state index in [9.17, 15) is 4.79 Å². The molecule has 0 heterocycles.